The average molecular weight is 208 g/mol. The maximum atomic E-state index is 10.3. The largest absolute Gasteiger partial charge is 0.375 e. The summed E-state index contributed by atoms with van der Waals surface area (Å²) < 4.78 is 0. The Morgan fingerprint density at radius 1 is 1.67 bits per heavy atom. The second-order valence-electron chi connectivity index (χ2n) is 2.14. The molecular weight excluding hydrogens is 198 g/mol. The third kappa shape index (κ3) is 3.54. The molecule has 4 nitrogen and oxygen atoms in total. The summed E-state index contributed by atoms with van der Waals surface area (Å²) >= 11 is 1.37. The van der Waals surface area contributed by atoms with Crippen molar-refractivity contribution in [1.29, 1.82) is 0 Å². The average Bonchev–Trinajstić information content (AvgIpc) is 2.31. The molecule has 12 heavy (non-hydrogen) atoms. The number of rotatable bonds is 3. The number of amides is 1. The van der Waals surface area contributed by atoms with E-state index >= 15 is 0 Å². The van der Waals surface area contributed by atoms with Crippen LogP contribution in [-0.2, 0) is 11.2 Å². The Labute approximate surface area is 80.4 Å². The van der Waals surface area contributed by atoms with Crippen LogP contribution in [0.3, 0.4) is 0 Å². The van der Waals surface area contributed by atoms with Crippen molar-refractivity contribution in [2.75, 3.05) is 5.73 Å². The lowest BCUT2D eigenvalue weighted by Gasteiger charge is -1.90. The molecule has 1 aromatic heterocycles. The van der Waals surface area contributed by atoms with E-state index in [-0.39, 0.29) is 18.3 Å². The van der Waals surface area contributed by atoms with Crippen molar-refractivity contribution in [3.8, 4) is 0 Å². The molecule has 4 N–H and O–H groups in total. The molecule has 0 aliphatic heterocycles. The second-order valence-corrected chi connectivity index (χ2v) is 3.03. The molecule has 0 aliphatic carbocycles. The first-order chi connectivity index (χ1) is 5.18. The number of hydrogen-bond acceptors (Lipinski definition) is 4. The maximum Gasteiger partial charge on any atom is 0.217 e. The zero-order chi connectivity index (χ0) is 8.27. The van der Waals surface area contributed by atoms with Crippen LogP contribution in [0, 0.1) is 0 Å². The number of nitrogens with two attached hydrogens (primary N) is 2. The summed E-state index contributed by atoms with van der Waals surface area (Å²) in [5.74, 6) is -0.309. The zero-order valence-corrected chi connectivity index (χ0v) is 7.95. The van der Waals surface area contributed by atoms with Gasteiger partial charge in [-0.3, -0.25) is 4.79 Å². The van der Waals surface area contributed by atoms with E-state index in [2.05, 4.69) is 4.98 Å². The SMILES string of the molecule is Cl.NC(=O)CCc1csc(N)n1. The highest BCUT2D eigenvalue weighted by molar-refractivity contribution is 7.13. The molecule has 1 heterocycles. The van der Waals surface area contributed by atoms with Gasteiger partial charge in [-0.05, 0) is 6.42 Å². The van der Waals surface area contributed by atoms with Crippen molar-refractivity contribution in [2.24, 2.45) is 5.73 Å². The number of aryl methyl sites for hydroxylation is 1. The van der Waals surface area contributed by atoms with Crippen molar-refractivity contribution in [3.05, 3.63) is 11.1 Å². The molecular formula is C6H10ClN3OS. The molecule has 0 spiro atoms. The monoisotopic (exact) mass is 207 g/mol. The molecule has 0 radical (unpaired) electrons. The number of carbonyl (C=O) groups excluding carboxylic acids is 1. The fourth-order valence-corrected chi connectivity index (χ4v) is 1.29. The number of thiazole rings is 1. The van der Waals surface area contributed by atoms with Gasteiger partial charge in [0.1, 0.15) is 0 Å². The number of carbonyl (C=O) groups is 1. The molecule has 0 saturated carbocycles. The fourth-order valence-electron chi connectivity index (χ4n) is 0.689. The van der Waals surface area contributed by atoms with Gasteiger partial charge in [-0.25, -0.2) is 4.98 Å². The van der Waals surface area contributed by atoms with Gasteiger partial charge in [-0.2, -0.15) is 0 Å². The van der Waals surface area contributed by atoms with Crippen LogP contribution in [-0.4, -0.2) is 10.9 Å². The summed E-state index contributed by atoms with van der Waals surface area (Å²) in [6.07, 6.45) is 0.923. The van der Waals surface area contributed by atoms with Crippen LogP contribution in [0.15, 0.2) is 5.38 Å². The Morgan fingerprint density at radius 3 is 2.75 bits per heavy atom. The zero-order valence-electron chi connectivity index (χ0n) is 6.32. The number of primary amides is 1. The minimum absolute atomic E-state index is 0. The molecule has 1 aromatic rings. The summed E-state index contributed by atoms with van der Waals surface area (Å²) in [5, 5.41) is 2.36. The standard InChI is InChI=1S/C6H9N3OS.ClH/c7-5(10)2-1-4-3-11-6(8)9-4;/h3H,1-2H2,(H2,7,10)(H2,8,9);1H. The van der Waals surface area contributed by atoms with Crippen molar-refractivity contribution in [3.63, 3.8) is 0 Å². The molecule has 6 heteroatoms. The molecule has 0 unspecified atom stereocenters. The fraction of sp³-hybridized carbons (Fsp3) is 0.333. The van der Waals surface area contributed by atoms with E-state index in [9.17, 15) is 4.79 Å². The lowest BCUT2D eigenvalue weighted by molar-refractivity contribution is -0.118. The van der Waals surface area contributed by atoms with Crippen LogP contribution < -0.4 is 11.5 Å². The van der Waals surface area contributed by atoms with Crippen molar-refractivity contribution >= 4 is 34.8 Å². The van der Waals surface area contributed by atoms with E-state index in [0.29, 0.717) is 18.0 Å². The first-order valence-corrected chi connectivity index (χ1v) is 4.04. The third-order valence-electron chi connectivity index (χ3n) is 1.20. The first-order valence-electron chi connectivity index (χ1n) is 3.16. The Kier molecular flexibility index (Phi) is 4.61. The van der Waals surface area contributed by atoms with Gasteiger partial charge in [0.2, 0.25) is 5.91 Å². The van der Waals surface area contributed by atoms with Gasteiger partial charge < -0.3 is 11.5 Å². The Hall–Kier alpha value is -0.810. The number of nitrogens with zero attached hydrogens (tertiary/aromatic N) is 1. The van der Waals surface area contributed by atoms with Crippen LogP contribution in [0.5, 0.6) is 0 Å². The number of anilines is 1. The highest BCUT2D eigenvalue weighted by Gasteiger charge is 2.00. The Balaban J connectivity index is 0.00000121. The van der Waals surface area contributed by atoms with Crippen LogP contribution in [0.25, 0.3) is 0 Å². The van der Waals surface area contributed by atoms with Gasteiger partial charge in [0.05, 0.1) is 5.69 Å². The lowest BCUT2D eigenvalue weighted by atomic mass is 10.2. The molecule has 0 saturated heterocycles. The molecule has 0 atom stereocenters. The van der Waals surface area contributed by atoms with E-state index in [1.54, 1.807) is 0 Å². The Bertz CT molecular complexity index is 263. The maximum absolute atomic E-state index is 10.3. The Morgan fingerprint density at radius 2 is 2.33 bits per heavy atom. The van der Waals surface area contributed by atoms with Gasteiger partial charge in [-0.1, -0.05) is 0 Å². The van der Waals surface area contributed by atoms with Gasteiger partial charge in [0.25, 0.3) is 0 Å². The lowest BCUT2D eigenvalue weighted by Crippen LogP contribution is -2.11. The minimum atomic E-state index is -0.309. The van der Waals surface area contributed by atoms with E-state index in [1.807, 2.05) is 5.38 Å². The summed E-state index contributed by atoms with van der Waals surface area (Å²) in [5.41, 5.74) is 11.2. The molecule has 1 rings (SSSR count). The van der Waals surface area contributed by atoms with Gasteiger partial charge in [0.15, 0.2) is 5.13 Å². The second kappa shape index (κ2) is 4.95. The summed E-state index contributed by atoms with van der Waals surface area (Å²) in [6.45, 7) is 0. The van der Waals surface area contributed by atoms with Crippen molar-refractivity contribution in [1.82, 2.24) is 4.98 Å². The smallest absolute Gasteiger partial charge is 0.217 e. The molecule has 0 aromatic carbocycles. The third-order valence-corrected chi connectivity index (χ3v) is 1.92. The van der Waals surface area contributed by atoms with Crippen LogP contribution in [0.4, 0.5) is 5.13 Å². The van der Waals surface area contributed by atoms with E-state index in [4.69, 9.17) is 11.5 Å². The number of aromatic nitrogens is 1. The van der Waals surface area contributed by atoms with Crippen LogP contribution in [0.1, 0.15) is 12.1 Å². The minimum Gasteiger partial charge on any atom is -0.375 e. The summed E-state index contributed by atoms with van der Waals surface area (Å²) in [7, 11) is 0. The van der Waals surface area contributed by atoms with Gasteiger partial charge in [-0.15, -0.1) is 23.7 Å². The van der Waals surface area contributed by atoms with Gasteiger partial charge >= 0.3 is 0 Å². The summed E-state index contributed by atoms with van der Waals surface area (Å²) in [6, 6.07) is 0. The highest BCUT2D eigenvalue weighted by atomic mass is 35.5. The van der Waals surface area contributed by atoms with E-state index in [1.165, 1.54) is 11.3 Å². The highest BCUT2D eigenvalue weighted by Crippen LogP contribution is 2.11. The quantitative estimate of drug-likeness (QED) is 0.760. The normalized spacial score (nSPS) is 9.00. The van der Waals surface area contributed by atoms with Crippen molar-refractivity contribution < 1.29 is 4.79 Å². The predicted molar refractivity (Wildman–Crippen MR) is 51.3 cm³/mol. The number of hydrogen-bond donors (Lipinski definition) is 2. The van der Waals surface area contributed by atoms with Crippen LogP contribution in [0.2, 0.25) is 0 Å². The number of nitrogen functional groups attached to an aromatic ring is 1. The molecule has 0 bridgehead atoms. The van der Waals surface area contributed by atoms with Crippen LogP contribution >= 0.6 is 23.7 Å². The predicted octanol–water partition coefficient (Wildman–Crippen LogP) is 0.565. The van der Waals surface area contributed by atoms with E-state index < -0.39 is 0 Å². The van der Waals surface area contributed by atoms with Gasteiger partial charge in [0, 0.05) is 11.8 Å². The molecule has 1 amide bonds. The van der Waals surface area contributed by atoms with Crippen molar-refractivity contribution in [2.45, 2.75) is 12.8 Å². The van der Waals surface area contributed by atoms with E-state index in [0.717, 1.165) is 5.69 Å². The number of halogens is 1. The topological polar surface area (TPSA) is 82.0 Å². The summed E-state index contributed by atoms with van der Waals surface area (Å²) in [4.78, 5) is 14.3. The molecule has 68 valence electrons. The molecule has 0 aliphatic rings. The first kappa shape index (κ1) is 11.2. The molecule has 0 fully saturated rings.